The van der Waals surface area contributed by atoms with Gasteiger partial charge in [-0.15, -0.1) is 0 Å². The normalized spacial score (nSPS) is 32.5. The number of phenolic OH excluding ortho intramolecular Hbond substituents is 3. The zero-order valence-corrected chi connectivity index (χ0v) is 28.0. The van der Waals surface area contributed by atoms with E-state index < -0.39 is 92.4 Å². The molecule has 54 heavy (non-hydrogen) atoms. The van der Waals surface area contributed by atoms with Gasteiger partial charge in [-0.1, -0.05) is 6.07 Å². The van der Waals surface area contributed by atoms with Gasteiger partial charge in [-0.05, 0) is 54.1 Å². The molecule has 0 spiro atoms. The third kappa shape index (κ3) is 8.16. The number of hydrogen-bond acceptors (Lipinski definition) is 18. The molecule has 1 aliphatic carbocycles. The lowest BCUT2D eigenvalue weighted by molar-refractivity contribution is -0.292. The molecule has 1 unspecified atom stereocenters. The summed E-state index contributed by atoms with van der Waals surface area (Å²) in [5.41, 5.74) is 0.807. The highest BCUT2D eigenvalue weighted by Crippen LogP contribution is 2.40. The summed E-state index contributed by atoms with van der Waals surface area (Å²) in [5, 5.41) is 113. The quantitative estimate of drug-likeness (QED) is 0.0790. The third-order valence-corrected chi connectivity index (χ3v) is 8.88. The van der Waals surface area contributed by atoms with Crippen molar-refractivity contribution in [3.8, 4) is 17.2 Å². The van der Waals surface area contributed by atoms with Crippen molar-refractivity contribution in [3.63, 3.8) is 0 Å². The van der Waals surface area contributed by atoms with E-state index in [1.165, 1.54) is 60.7 Å². The molecule has 4 aliphatic rings. The Balaban J connectivity index is 1.25. The maximum Gasteiger partial charge on any atom is 0.330 e. The van der Waals surface area contributed by atoms with E-state index in [2.05, 4.69) is 0 Å². The molecule has 11 N–H and O–H groups in total. The van der Waals surface area contributed by atoms with Gasteiger partial charge in [0, 0.05) is 29.4 Å². The van der Waals surface area contributed by atoms with E-state index in [9.17, 15) is 61.0 Å². The van der Waals surface area contributed by atoms with Gasteiger partial charge in [0.25, 0.3) is 0 Å². The van der Waals surface area contributed by atoms with Crippen molar-refractivity contribution in [1.82, 2.24) is 0 Å². The van der Waals surface area contributed by atoms with Gasteiger partial charge in [-0.25, -0.2) is 4.79 Å². The van der Waals surface area contributed by atoms with Crippen molar-refractivity contribution in [1.29, 1.82) is 0 Å². The number of allylic oxidation sites excluding steroid dienone is 2. The van der Waals surface area contributed by atoms with Crippen LogP contribution < -0.4 is 0 Å². The summed E-state index contributed by atoms with van der Waals surface area (Å²) in [6, 6.07) is 9.46. The van der Waals surface area contributed by atoms with E-state index in [-0.39, 0.29) is 40.1 Å². The number of carbonyl (C=O) groups is 1. The second-order valence-corrected chi connectivity index (χ2v) is 12.6. The third-order valence-electron chi connectivity index (χ3n) is 8.88. The number of carbonyl (C=O) groups excluding carboxylic acids is 1. The molecule has 2 aromatic rings. The number of phenols is 3. The summed E-state index contributed by atoms with van der Waals surface area (Å²) >= 11 is 0. The Labute approximate surface area is 305 Å². The number of esters is 1. The van der Waals surface area contributed by atoms with E-state index in [0.717, 1.165) is 12.2 Å². The van der Waals surface area contributed by atoms with Crippen molar-refractivity contribution in [2.75, 3.05) is 13.2 Å². The van der Waals surface area contributed by atoms with Crippen molar-refractivity contribution in [3.05, 3.63) is 101 Å². The Hall–Kier alpha value is -5.15. The van der Waals surface area contributed by atoms with E-state index in [4.69, 9.17) is 28.4 Å². The molecule has 6 rings (SSSR count). The molecule has 18 heteroatoms. The van der Waals surface area contributed by atoms with Crippen LogP contribution in [-0.4, -0.2) is 143 Å². The highest BCUT2D eigenvalue weighted by Gasteiger charge is 2.48. The molecule has 2 aromatic carbocycles. The number of aromatic hydroxyl groups is 3. The molecule has 3 heterocycles. The van der Waals surface area contributed by atoms with Crippen molar-refractivity contribution in [2.24, 2.45) is 0 Å². The molecule has 0 saturated carbocycles. The SMILES string of the molecule is O=C(/C=C/c1ccc(O)c(O)c1)OC[C@H]1O[C@@H](OC2=C(c3ccc(O)cc3)OC3C=C(O)C=C(O[C@@H]4O[C@H](CO)[C@@H](O)[C@H](O)[C@H]4O)C3=C2)[C@H](O)[C@@H](O)[C@@H]1O. The fraction of sp³-hybridized carbons (Fsp3) is 0.361. The molecule has 0 aromatic heterocycles. The molecule has 0 amide bonds. The van der Waals surface area contributed by atoms with Crippen molar-refractivity contribution < 1.29 is 89.4 Å². The summed E-state index contributed by atoms with van der Waals surface area (Å²) in [6.07, 6.45) is -11.9. The minimum Gasteiger partial charge on any atom is -0.508 e. The zero-order chi connectivity index (χ0) is 38.8. The summed E-state index contributed by atoms with van der Waals surface area (Å²) in [4.78, 5) is 12.5. The standard InChI is InChI=1S/C36H38O18/c37-13-25-28(43)30(45)32(47)35(53-25)51-23-11-18(39)10-22-19(23)12-24(34(50-22)16-3-5-17(38)6-4-16)52-36-33(48)31(46)29(44)26(54-36)14-49-27(42)8-2-15-1-7-20(40)21(41)9-15/h1-12,22,25-26,28-33,35-41,43-48H,13-14H2/b8-2+/t22?,25-,26-,28-,29-,30+,31+,32-,33-,35-,36-/m1/s1. The van der Waals surface area contributed by atoms with Crippen LogP contribution in [0.1, 0.15) is 11.1 Å². The average molecular weight is 759 g/mol. The number of hydrogen-bond donors (Lipinski definition) is 11. The van der Waals surface area contributed by atoms with Crippen LogP contribution in [-0.2, 0) is 33.2 Å². The van der Waals surface area contributed by atoms with Crippen LogP contribution in [0.3, 0.4) is 0 Å². The monoisotopic (exact) mass is 758 g/mol. The molecule has 18 nitrogen and oxygen atoms in total. The van der Waals surface area contributed by atoms with Crippen LogP contribution >= 0.6 is 0 Å². The van der Waals surface area contributed by atoms with E-state index in [0.29, 0.717) is 11.1 Å². The highest BCUT2D eigenvalue weighted by molar-refractivity contribution is 5.87. The lowest BCUT2D eigenvalue weighted by atomic mass is 9.96. The second-order valence-electron chi connectivity index (χ2n) is 12.6. The summed E-state index contributed by atoms with van der Waals surface area (Å²) in [6.45, 7) is -1.35. The maximum absolute atomic E-state index is 12.5. The van der Waals surface area contributed by atoms with Gasteiger partial charge >= 0.3 is 5.97 Å². The molecule has 2 fully saturated rings. The van der Waals surface area contributed by atoms with Gasteiger partial charge < -0.3 is 84.6 Å². The number of rotatable bonds is 10. The first-order chi connectivity index (χ1) is 25.7. The first kappa shape index (κ1) is 38.6. The van der Waals surface area contributed by atoms with Crippen LogP contribution in [0.2, 0.25) is 0 Å². The topological polar surface area (TPSA) is 295 Å². The fourth-order valence-corrected chi connectivity index (χ4v) is 5.89. The molecule has 0 bridgehead atoms. The fourth-order valence-electron chi connectivity index (χ4n) is 5.89. The van der Waals surface area contributed by atoms with Gasteiger partial charge in [0.05, 0.1) is 6.61 Å². The van der Waals surface area contributed by atoms with Crippen LogP contribution in [0.25, 0.3) is 11.8 Å². The average Bonchev–Trinajstić information content (AvgIpc) is 3.15. The lowest BCUT2D eigenvalue weighted by Crippen LogP contribution is -2.59. The van der Waals surface area contributed by atoms with Crippen LogP contribution in [0.15, 0.2) is 89.6 Å². The van der Waals surface area contributed by atoms with Crippen molar-refractivity contribution >= 4 is 17.8 Å². The van der Waals surface area contributed by atoms with Crippen molar-refractivity contribution in [2.45, 2.75) is 67.5 Å². The largest absolute Gasteiger partial charge is 0.508 e. The Morgan fingerprint density at radius 3 is 2.06 bits per heavy atom. The summed E-state index contributed by atoms with van der Waals surface area (Å²) < 4.78 is 34.5. The molecule has 0 radical (unpaired) electrons. The van der Waals surface area contributed by atoms with Gasteiger partial charge in [0.15, 0.2) is 23.0 Å². The lowest BCUT2D eigenvalue weighted by Gasteiger charge is -2.41. The molecular formula is C36H38O18. The van der Waals surface area contributed by atoms with Crippen LogP contribution in [0.5, 0.6) is 17.2 Å². The summed E-state index contributed by atoms with van der Waals surface area (Å²) in [5.74, 6) is -2.46. The van der Waals surface area contributed by atoms with E-state index >= 15 is 0 Å². The molecule has 2 saturated heterocycles. The molecular weight excluding hydrogens is 720 g/mol. The highest BCUT2D eigenvalue weighted by atomic mass is 16.7. The predicted octanol–water partition coefficient (Wildman–Crippen LogP) is -0.966. The Morgan fingerprint density at radius 2 is 1.39 bits per heavy atom. The van der Waals surface area contributed by atoms with E-state index in [1.807, 2.05) is 0 Å². The minimum absolute atomic E-state index is 0.0216. The Bertz CT molecular complexity index is 1850. The number of aliphatic hydroxyl groups is 8. The smallest absolute Gasteiger partial charge is 0.330 e. The minimum atomic E-state index is -1.88. The number of ether oxygens (including phenoxy) is 6. The second kappa shape index (κ2) is 16.1. The van der Waals surface area contributed by atoms with Gasteiger partial charge in [0.1, 0.15) is 78.8 Å². The number of benzene rings is 2. The van der Waals surface area contributed by atoms with E-state index in [1.54, 1.807) is 0 Å². The maximum atomic E-state index is 12.5. The molecule has 290 valence electrons. The Morgan fingerprint density at radius 1 is 0.741 bits per heavy atom. The van der Waals surface area contributed by atoms with Gasteiger partial charge in [-0.3, -0.25) is 0 Å². The molecule has 11 atom stereocenters. The number of fused-ring (bicyclic) bond motifs is 1. The zero-order valence-electron chi connectivity index (χ0n) is 28.0. The Kier molecular flexibility index (Phi) is 11.5. The van der Waals surface area contributed by atoms with Crippen LogP contribution in [0.4, 0.5) is 0 Å². The molecule has 3 aliphatic heterocycles. The first-order valence-corrected chi connectivity index (χ1v) is 16.5. The van der Waals surface area contributed by atoms with Gasteiger partial charge in [-0.2, -0.15) is 0 Å². The van der Waals surface area contributed by atoms with Crippen LogP contribution in [0, 0.1) is 0 Å². The number of aliphatic hydroxyl groups excluding tert-OH is 8. The first-order valence-electron chi connectivity index (χ1n) is 16.5. The van der Waals surface area contributed by atoms with Gasteiger partial charge in [0.2, 0.25) is 12.6 Å². The predicted molar refractivity (Wildman–Crippen MR) is 179 cm³/mol. The summed E-state index contributed by atoms with van der Waals surface area (Å²) in [7, 11) is 0.